The number of anilines is 1. The Morgan fingerprint density at radius 2 is 1.73 bits per heavy atom. The normalized spacial score (nSPS) is 15.4. The van der Waals surface area contributed by atoms with E-state index in [1.165, 1.54) is 19.2 Å². The van der Waals surface area contributed by atoms with Gasteiger partial charge in [-0.1, -0.05) is 18.2 Å². The van der Waals surface area contributed by atoms with Crippen molar-refractivity contribution in [2.45, 2.75) is 12.7 Å². The van der Waals surface area contributed by atoms with Gasteiger partial charge >= 0.3 is 6.18 Å². The lowest BCUT2D eigenvalue weighted by Gasteiger charge is -2.34. The van der Waals surface area contributed by atoms with Crippen LogP contribution in [0.5, 0.6) is 5.75 Å². The number of halogens is 4. The van der Waals surface area contributed by atoms with Crippen LogP contribution >= 0.6 is 0 Å². The summed E-state index contributed by atoms with van der Waals surface area (Å²) in [6.45, 7) is 3.37. The maximum atomic E-state index is 13.9. The maximum Gasteiger partial charge on any atom is 0.416 e. The molecule has 0 aliphatic carbocycles. The van der Waals surface area contributed by atoms with E-state index < -0.39 is 17.6 Å². The molecule has 1 saturated heterocycles. The number of alkyl halides is 3. The van der Waals surface area contributed by atoms with Gasteiger partial charge in [0, 0.05) is 45.4 Å². The molecule has 0 radical (unpaired) electrons. The number of hydrogen-bond donors (Lipinski definition) is 1. The lowest BCUT2D eigenvalue weighted by atomic mass is 10.1. The molecule has 1 amide bonds. The van der Waals surface area contributed by atoms with Crippen molar-refractivity contribution in [1.82, 2.24) is 9.80 Å². The van der Waals surface area contributed by atoms with Gasteiger partial charge in [-0.25, -0.2) is 4.39 Å². The summed E-state index contributed by atoms with van der Waals surface area (Å²) in [5, 5.41) is 2.55. The number of benzene rings is 2. The lowest BCUT2D eigenvalue weighted by molar-refractivity contribution is -0.137. The molecule has 0 atom stereocenters. The molecule has 2 aromatic rings. The summed E-state index contributed by atoms with van der Waals surface area (Å²) in [4.78, 5) is 16.6. The predicted octanol–water partition coefficient (Wildman–Crippen LogP) is 3.63. The first kappa shape index (κ1) is 24.9. The van der Waals surface area contributed by atoms with E-state index in [0.717, 1.165) is 12.1 Å². The molecule has 0 spiro atoms. The number of rotatable bonds is 9. The molecule has 1 N–H and O–H groups in total. The number of piperazine rings is 1. The number of nitrogens with zero attached hydrogens (tertiary/aromatic N) is 2. The topological polar surface area (TPSA) is 54.0 Å². The zero-order chi connectivity index (χ0) is 23.8. The van der Waals surface area contributed by atoms with Gasteiger partial charge in [0.2, 0.25) is 5.91 Å². The summed E-state index contributed by atoms with van der Waals surface area (Å²) in [6.07, 6.45) is -4.54. The van der Waals surface area contributed by atoms with Gasteiger partial charge < -0.3 is 14.8 Å². The van der Waals surface area contributed by atoms with Crippen molar-refractivity contribution in [2.75, 3.05) is 58.4 Å². The number of methoxy groups -OCH3 is 1. The quantitative estimate of drug-likeness (QED) is 0.449. The number of nitrogens with one attached hydrogen (secondary N) is 1. The second-order valence-electron chi connectivity index (χ2n) is 7.74. The van der Waals surface area contributed by atoms with E-state index in [1.807, 2.05) is 4.90 Å². The Bertz CT molecular complexity index is 931. The molecule has 180 valence electrons. The molecule has 10 heteroatoms. The van der Waals surface area contributed by atoms with Gasteiger partial charge in [-0.05, 0) is 24.3 Å². The summed E-state index contributed by atoms with van der Waals surface area (Å²) in [5.74, 6) is -0.541. The first-order valence-corrected chi connectivity index (χ1v) is 10.6. The highest BCUT2D eigenvalue weighted by atomic mass is 19.4. The van der Waals surface area contributed by atoms with Crippen LogP contribution in [0.3, 0.4) is 0 Å². The Balaban J connectivity index is 1.56. The van der Waals surface area contributed by atoms with Crippen LogP contribution in [0.1, 0.15) is 11.1 Å². The summed E-state index contributed by atoms with van der Waals surface area (Å²) in [7, 11) is 1.48. The summed E-state index contributed by atoms with van der Waals surface area (Å²) in [5.41, 5.74) is -0.294. The molecule has 1 heterocycles. The van der Waals surface area contributed by atoms with Crippen LogP contribution in [0, 0.1) is 5.82 Å². The van der Waals surface area contributed by atoms with E-state index in [1.54, 1.807) is 18.2 Å². The van der Waals surface area contributed by atoms with E-state index in [9.17, 15) is 22.4 Å². The van der Waals surface area contributed by atoms with Crippen LogP contribution in [0.2, 0.25) is 0 Å². The third kappa shape index (κ3) is 7.41. The van der Waals surface area contributed by atoms with Crippen LogP contribution in [0.15, 0.2) is 42.5 Å². The molecule has 0 bridgehead atoms. The average molecular weight is 469 g/mol. The van der Waals surface area contributed by atoms with Crippen LogP contribution in [-0.2, 0) is 22.3 Å². The Hall–Kier alpha value is -2.69. The summed E-state index contributed by atoms with van der Waals surface area (Å²) >= 11 is 0. The van der Waals surface area contributed by atoms with E-state index >= 15 is 0 Å². The van der Waals surface area contributed by atoms with Gasteiger partial charge in [0.25, 0.3) is 0 Å². The molecule has 0 unspecified atom stereocenters. The highest BCUT2D eigenvalue weighted by Crippen LogP contribution is 2.35. The third-order valence-corrected chi connectivity index (χ3v) is 5.31. The van der Waals surface area contributed by atoms with Crippen molar-refractivity contribution in [1.29, 1.82) is 0 Å². The number of ether oxygens (including phenoxy) is 2. The highest BCUT2D eigenvalue weighted by molar-refractivity contribution is 5.93. The highest BCUT2D eigenvalue weighted by Gasteiger charge is 2.31. The Morgan fingerprint density at radius 3 is 2.39 bits per heavy atom. The minimum Gasteiger partial charge on any atom is -0.489 e. The first-order chi connectivity index (χ1) is 15.8. The summed E-state index contributed by atoms with van der Waals surface area (Å²) in [6, 6.07) is 9.58. The van der Waals surface area contributed by atoms with E-state index in [2.05, 4.69) is 10.2 Å². The van der Waals surface area contributed by atoms with E-state index in [-0.39, 0.29) is 37.0 Å². The van der Waals surface area contributed by atoms with Gasteiger partial charge in [-0.3, -0.25) is 14.6 Å². The second-order valence-corrected chi connectivity index (χ2v) is 7.74. The lowest BCUT2D eigenvalue weighted by Crippen LogP contribution is -2.48. The molecule has 33 heavy (non-hydrogen) atoms. The van der Waals surface area contributed by atoms with Gasteiger partial charge in [0.1, 0.15) is 18.2 Å². The van der Waals surface area contributed by atoms with Crippen molar-refractivity contribution in [3.8, 4) is 5.75 Å². The van der Waals surface area contributed by atoms with Crippen molar-refractivity contribution in [3.05, 3.63) is 59.4 Å². The maximum absolute atomic E-state index is 13.9. The molecular weight excluding hydrogens is 442 g/mol. The zero-order valence-corrected chi connectivity index (χ0v) is 18.3. The molecule has 6 nitrogen and oxygen atoms in total. The van der Waals surface area contributed by atoms with Gasteiger partial charge in [-0.2, -0.15) is 13.2 Å². The van der Waals surface area contributed by atoms with Gasteiger partial charge in [-0.15, -0.1) is 0 Å². The molecular formula is C23H27F4N3O3. The van der Waals surface area contributed by atoms with Crippen molar-refractivity contribution in [3.63, 3.8) is 0 Å². The smallest absolute Gasteiger partial charge is 0.416 e. The Labute approximate surface area is 190 Å². The monoisotopic (exact) mass is 469 g/mol. The van der Waals surface area contributed by atoms with Crippen molar-refractivity contribution in [2.24, 2.45) is 0 Å². The van der Waals surface area contributed by atoms with Crippen LogP contribution < -0.4 is 10.1 Å². The second kappa shape index (κ2) is 11.4. The van der Waals surface area contributed by atoms with Crippen LogP contribution in [-0.4, -0.2) is 68.8 Å². The van der Waals surface area contributed by atoms with E-state index in [0.29, 0.717) is 38.3 Å². The fourth-order valence-electron chi connectivity index (χ4n) is 3.53. The molecule has 0 saturated carbocycles. The number of hydrogen-bond acceptors (Lipinski definition) is 5. The average Bonchev–Trinajstić information content (AvgIpc) is 2.77. The minimum absolute atomic E-state index is 0.0291. The zero-order valence-electron chi connectivity index (χ0n) is 18.3. The molecule has 2 aromatic carbocycles. The SMILES string of the molecule is COCCOc1ccc(C(F)(F)F)cc1NC(=O)CN1CCN(Cc2ccccc2F)CC1. The first-order valence-electron chi connectivity index (χ1n) is 10.6. The predicted molar refractivity (Wildman–Crippen MR) is 116 cm³/mol. The minimum atomic E-state index is -4.54. The summed E-state index contributed by atoms with van der Waals surface area (Å²) < 4.78 is 63.6. The number of amides is 1. The third-order valence-electron chi connectivity index (χ3n) is 5.31. The van der Waals surface area contributed by atoms with Crippen LogP contribution in [0.4, 0.5) is 23.2 Å². The van der Waals surface area contributed by atoms with Crippen molar-refractivity contribution < 1.29 is 31.8 Å². The van der Waals surface area contributed by atoms with Crippen LogP contribution in [0.25, 0.3) is 0 Å². The molecule has 1 aliphatic rings. The molecule has 0 aromatic heterocycles. The number of carbonyl (C=O) groups excluding carboxylic acids is 1. The Kier molecular flexibility index (Phi) is 8.65. The van der Waals surface area contributed by atoms with E-state index in [4.69, 9.17) is 9.47 Å². The van der Waals surface area contributed by atoms with Crippen molar-refractivity contribution >= 4 is 11.6 Å². The Morgan fingerprint density at radius 1 is 1.03 bits per heavy atom. The fraction of sp³-hybridized carbons (Fsp3) is 0.435. The van der Waals surface area contributed by atoms with Gasteiger partial charge in [0.15, 0.2) is 0 Å². The fourth-order valence-corrected chi connectivity index (χ4v) is 3.53. The molecule has 1 aliphatic heterocycles. The molecule has 1 fully saturated rings. The number of carbonyl (C=O) groups is 1. The molecule has 3 rings (SSSR count). The largest absolute Gasteiger partial charge is 0.489 e. The standard InChI is InChI=1S/C23H27F4N3O3/c1-32-12-13-33-21-7-6-18(23(25,26)27)14-20(21)28-22(31)16-30-10-8-29(9-11-30)15-17-4-2-3-5-19(17)24/h2-7,14H,8-13,15-16H2,1H3,(H,28,31). The van der Waals surface area contributed by atoms with Gasteiger partial charge in [0.05, 0.1) is 24.4 Å².